The van der Waals surface area contributed by atoms with Crippen molar-refractivity contribution in [3.05, 3.63) is 34.9 Å². The highest BCUT2D eigenvalue weighted by Gasteiger charge is 2.02. The van der Waals surface area contributed by atoms with Crippen LogP contribution in [0.3, 0.4) is 0 Å². The van der Waals surface area contributed by atoms with E-state index >= 15 is 0 Å². The molecule has 1 rings (SSSR count). The molecule has 0 spiro atoms. The van der Waals surface area contributed by atoms with Crippen LogP contribution in [-0.2, 0) is 16.1 Å². The molecule has 1 aromatic carbocycles. The number of rotatable bonds is 9. The van der Waals surface area contributed by atoms with Crippen LogP contribution in [-0.4, -0.2) is 25.7 Å². The van der Waals surface area contributed by atoms with Gasteiger partial charge in [0.2, 0.25) is 0 Å². The van der Waals surface area contributed by atoms with E-state index in [0.717, 1.165) is 36.1 Å². The van der Waals surface area contributed by atoms with Crippen LogP contribution in [0.2, 0.25) is 0 Å². The molecule has 4 heteroatoms. The maximum absolute atomic E-state index is 7.38. The maximum atomic E-state index is 7.38. The van der Waals surface area contributed by atoms with Crippen molar-refractivity contribution >= 4 is 5.84 Å². The molecule has 0 radical (unpaired) electrons. The average Bonchev–Trinajstić information content (AvgIpc) is 2.39. The Balaban J connectivity index is 2.28. The number of unbranched alkanes of at least 4 members (excludes halogenated alkanes) is 1. The summed E-state index contributed by atoms with van der Waals surface area (Å²) >= 11 is 0. The Kier molecular flexibility index (Phi) is 7.15. The molecule has 3 N–H and O–H groups in total. The molecule has 0 aliphatic carbocycles. The van der Waals surface area contributed by atoms with E-state index in [-0.39, 0.29) is 5.84 Å². The van der Waals surface area contributed by atoms with Gasteiger partial charge in [-0.05, 0) is 30.5 Å². The number of aryl methyl sites for hydroxylation is 1. The number of nitrogens with one attached hydrogen (secondary N) is 1. The molecule has 0 aliphatic heterocycles. The van der Waals surface area contributed by atoms with E-state index in [1.54, 1.807) is 0 Å². The molecule has 0 atom stereocenters. The minimum absolute atomic E-state index is 0.0971. The monoisotopic (exact) mass is 264 g/mol. The van der Waals surface area contributed by atoms with Gasteiger partial charge in [-0.3, -0.25) is 5.41 Å². The Morgan fingerprint density at radius 3 is 2.58 bits per heavy atom. The third-order valence-electron chi connectivity index (χ3n) is 2.93. The summed E-state index contributed by atoms with van der Waals surface area (Å²) < 4.78 is 11.0. The number of nitrogens with two attached hydrogens (primary N) is 1. The average molecular weight is 264 g/mol. The molecule has 0 heterocycles. The molecule has 0 saturated carbocycles. The van der Waals surface area contributed by atoms with Crippen molar-refractivity contribution in [2.75, 3.05) is 19.8 Å². The predicted molar refractivity (Wildman–Crippen MR) is 77.6 cm³/mol. The number of amidine groups is 1. The molecule has 106 valence electrons. The first kappa shape index (κ1) is 15.7. The summed E-state index contributed by atoms with van der Waals surface area (Å²) in [6, 6.07) is 5.73. The molecule has 0 aromatic heterocycles. The van der Waals surface area contributed by atoms with Crippen LogP contribution in [0.5, 0.6) is 0 Å². The summed E-state index contributed by atoms with van der Waals surface area (Å²) in [4.78, 5) is 0. The van der Waals surface area contributed by atoms with Crippen LogP contribution >= 0.6 is 0 Å². The van der Waals surface area contributed by atoms with E-state index < -0.39 is 0 Å². The van der Waals surface area contributed by atoms with Crippen molar-refractivity contribution in [2.24, 2.45) is 5.73 Å². The van der Waals surface area contributed by atoms with Crippen LogP contribution in [0.1, 0.15) is 36.5 Å². The third kappa shape index (κ3) is 5.85. The van der Waals surface area contributed by atoms with Crippen molar-refractivity contribution < 1.29 is 9.47 Å². The van der Waals surface area contributed by atoms with Gasteiger partial charge in [0.1, 0.15) is 5.84 Å². The second-order valence-corrected chi connectivity index (χ2v) is 4.57. The largest absolute Gasteiger partial charge is 0.384 e. The third-order valence-corrected chi connectivity index (χ3v) is 2.93. The van der Waals surface area contributed by atoms with Crippen molar-refractivity contribution in [2.45, 2.75) is 33.3 Å². The number of benzene rings is 1. The van der Waals surface area contributed by atoms with E-state index in [0.29, 0.717) is 19.8 Å². The van der Waals surface area contributed by atoms with Gasteiger partial charge in [-0.25, -0.2) is 0 Å². The lowest BCUT2D eigenvalue weighted by Crippen LogP contribution is -2.11. The Hall–Kier alpha value is -1.39. The van der Waals surface area contributed by atoms with Gasteiger partial charge in [-0.1, -0.05) is 25.5 Å². The fourth-order valence-electron chi connectivity index (χ4n) is 1.67. The van der Waals surface area contributed by atoms with Crippen LogP contribution in [0, 0.1) is 12.3 Å². The lowest BCUT2D eigenvalue weighted by molar-refractivity contribution is 0.0395. The zero-order valence-electron chi connectivity index (χ0n) is 11.9. The zero-order chi connectivity index (χ0) is 14.1. The Morgan fingerprint density at radius 2 is 1.95 bits per heavy atom. The molecule has 1 aromatic rings. The quantitative estimate of drug-likeness (QED) is 0.409. The number of hydrogen-bond donors (Lipinski definition) is 2. The Morgan fingerprint density at radius 1 is 1.21 bits per heavy atom. The van der Waals surface area contributed by atoms with E-state index in [2.05, 4.69) is 6.92 Å². The zero-order valence-corrected chi connectivity index (χ0v) is 11.9. The van der Waals surface area contributed by atoms with Crippen molar-refractivity contribution in [1.29, 1.82) is 5.41 Å². The van der Waals surface area contributed by atoms with Gasteiger partial charge >= 0.3 is 0 Å². The van der Waals surface area contributed by atoms with E-state index in [4.69, 9.17) is 20.6 Å². The first-order chi connectivity index (χ1) is 9.15. The smallest absolute Gasteiger partial charge is 0.122 e. The second kappa shape index (κ2) is 8.67. The standard InChI is InChI=1S/C15H24N2O2/c1-3-4-7-18-8-9-19-11-14-6-5-13(15(16)17)10-12(14)2/h5-6,10H,3-4,7-9,11H2,1-2H3,(H3,16,17). The molecule has 0 unspecified atom stereocenters. The van der Waals surface area contributed by atoms with Crippen molar-refractivity contribution in [1.82, 2.24) is 0 Å². The SMILES string of the molecule is CCCCOCCOCc1ccc(C(=N)N)cc1C. The summed E-state index contributed by atoms with van der Waals surface area (Å²) in [5, 5.41) is 7.38. The number of hydrogen-bond acceptors (Lipinski definition) is 3. The molecular formula is C15H24N2O2. The number of ether oxygens (including phenoxy) is 2. The minimum atomic E-state index is 0.0971. The Bertz CT molecular complexity index is 405. The van der Waals surface area contributed by atoms with Crippen LogP contribution in [0.15, 0.2) is 18.2 Å². The van der Waals surface area contributed by atoms with Gasteiger partial charge in [-0.2, -0.15) is 0 Å². The van der Waals surface area contributed by atoms with E-state index in [1.807, 2.05) is 25.1 Å². The van der Waals surface area contributed by atoms with Crippen molar-refractivity contribution in [3.63, 3.8) is 0 Å². The molecule has 19 heavy (non-hydrogen) atoms. The summed E-state index contributed by atoms with van der Waals surface area (Å²) in [7, 11) is 0. The fourth-order valence-corrected chi connectivity index (χ4v) is 1.67. The predicted octanol–water partition coefficient (Wildman–Crippen LogP) is 2.61. The van der Waals surface area contributed by atoms with Gasteiger partial charge in [-0.15, -0.1) is 0 Å². The van der Waals surface area contributed by atoms with Gasteiger partial charge in [0.15, 0.2) is 0 Å². The molecule has 0 saturated heterocycles. The summed E-state index contributed by atoms with van der Waals surface area (Å²) in [6.45, 7) is 6.78. The highest BCUT2D eigenvalue weighted by molar-refractivity contribution is 5.95. The molecule has 4 nitrogen and oxygen atoms in total. The molecule has 0 bridgehead atoms. The topological polar surface area (TPSA) is 68.3 Å². The molecule has 0 fully saturated rings. The Labute approximate surface area is 115 Å². The van der Waals surface area contributed by atoms with Crippen molar-refractivity contribution in [3.8, 4) is 0 Å². The maximum Gasteiger partial charge on any atom is 0.122 e. The first-order valence-corrected chi connectivity index (χ1v) is 6.74. The van der Waals surface area contributed by atoms with Crippen LogP contribution < -0.4 is 5.73 Å². The summed E-state index contributed by atoms with van der Waals surface area (Å²) in [5.74, 6) is 0.0971. The molecule has 0 amide bonds. The van der Waals surface area contributed by atoms with Gasteiger partial charge in [0.25, 0.3) is 0 Å². The normalized spacial score (nSPS) is 10.6. The minimum Gasteiger partial charge on any atom is -0.384 e. The summed E-state index contributed by atoms with van der Waals surface area (Å²) in [6.07, 6.45) is 2.26. The second-order valence-electron chi connectivity index (χ2n) is 4.57. The highest BCUT2D eigenvalue weighted by Crippen LogP contribution is 2.12. The van der Waals surface area contributed by atoms with Crippen LogP contribution in [0.4, 0.5) is 0 Å². The lowest BCUT2D eigenvalue weighted by Gasteiger charge is -2.09. The number of nitrogen functional groups attached to an aromatic ring is 1. The molecular weight excluding hydrogens is 240 g/mol. The summed E-state index contributed by atoms with van der Waals surface area (Å²) in [5.41, 5.74) is 8.42. The molecule has 0 aliphatic rings. The van der Waals surface area contributed by atoms with E-state index in [9.17, 15) is 0 Å². The van der Waals surface area contributed by atoms with Gasteiger partial charge in [0, 0.05) is 12.2 Å². The highest BCUT2D eigenvalue weighted by atomic mass is 16.5. The van der Waals surface area contributed by atoms with Gasteiger partial charge in [0.05, 0.1) is 19.8 Å². The lowest BCUT2D eigenvalue weighted by atomic mass is 10.1. The van der Waals surface area contributed by atoms with Gasteiger partial charge < -0.3 is 15.2 Å². The van der Waals surface area contributed by atoms with Crippen LogP contribution in [0.25, 0.3) is 0 Å². The first-order valence-electron chi connectivity index (χ1n) is 6.74. The van der Waals surface area contributed by atoms with E-state index in [1.165, 1.54) is 0 Å². The fraction of sp³-hybridized carbons (Fsp3) is 0.533.